The second-order valence-corrected chi connectivity index (χ2v) is 7.67. The quantitative estimate of drug-likeness (QED) is 0.382. The van der Waals surface area contributed by atoms with Crippen LogP contribution >= 0.6 is 0 Å². The summed E-state index contributed by atoms with van der Waals surface area (Å²) in [5.74, 6) is 1.39. The van der Waals surface area contributed by atoms with Gasteiger partial charge in [0.2, 0.25) is 0 Å². The van der Waals surface area contributed by atoms with Crippen molar-refractivity contribution in [1.82, 2.24) is 19.9 Å². The number of nitrogens with zero attached hydrogens (tertiary/aromatic N) is 2. The van der Waals surface area contributed by atoms with Gasteiger partial charge in [0.15, 0.2) is 0 Å². The first-order valence-electron chi connectivity index (χ1n) is 9.91. The normalized spacial score (nSPS) is 12.5. The molecular weight excluding hydrogens is 379 g/mol. The predicted molar refractivity (Wildman–Crippen MR) is 117 cm³/mol. The fourth-order valence-electron chi connectivity index (χ4n) is 3.33. The highest BCUT2D eigenvalue weighted by Gasteiger charge is 2.15. The molecule has 30 heavy (non-hydrogen) atoms. The highest BCUT2D eigenvalue weighted by molar-refractivity contribution is 5.71. The molecule has 154 valence electrons. The van der Waals surface area contributed by atoms with Crippen LogP contribution in [0.5, 0.6) is 0 Å². The third-order valence-corrected chi connectivity index (χ3v) is 5.24. The van der Waals surface area contributed by atoms with E-state index < -0.39 is 0 Å². The summed E-state index contributed by atoms with van der Waals surface area (Å²) in [7, 11) is 0. The van der Waals surface area contributed by atoms with Crippen LogP contribution in [0.2, 0.25) is 0 Å². The summed E-state index contributed by atoms with van der Waals surface area (Å²) in [6, 6.07) is 13.0. The zero-order valence-electron chi connectivity index (χ0n) is 17.0. The minimum Gasteiger partial charge on any atom is -0.341 e. The highest BCUT2D eigenvalue weighted by Crippen LogP contribution is 2.29. The van der Waals surface area contributed by atoms with E-state index in [1.54, 1.807) is 18.5 Å². The topological polar surface area (TPSA) is 109 Å². The van der Waals surface area contributed by atoms with Crippen molar-refractivity contribution in [3.05, 3.63) is 72.3 Å². The van der Waals surface area contributed by atoms with Crippen molar-refractivity contribution in [3.63, 3.8) is 0 Å². The lowest BCUT2D eigenvalue weighted by Gasteiger charge is -2.12. The molecule has 0 saturated carbocycles. The first kappa shape index (κ1) is 20.0. The Bertz CT molecular complexity index is 1140. The number of aromatic amines is 2. The Hall–Kier alpha value is -3.29. The summed E-state index contributed by atoms with van der Waals surface area (Å²) in [4.78, 5) is 14.9. The lowest BCUT2D eigenvalue weighted by Crippen LogP contribution is -2.18. The van der Waals surface area contributed by atoms with Gasteiger partial charge < -0.3 is 21.4 Å². The standard InChI is InChI=1S/C23H25FN6/c1-13(2)22(26)23-28-11-19(30-23)15-5-3-14(4-6-15)16-7-8-17(18(24)9-16)20-12-27-21(10-25)29-20/h3-9,11-13,22H,10,25-26H2,1-2H3,(H,27,29)(H,28,30). The highest BCUT2D eigenvalue weighted by atomic mass is 19.1. The van der Waals surface area contributed by atoms with Gasteiger partial charge in [-0.15, -0.1) is 0 Å². The molecule has 1 unspecified atom stereocenters. The molecule has 2 aromatic heterocycles. The average Bonchev–Trinajstić information content (AvgIpc) is 3.43. The van der Waals surface area contributed by atoms with Gasteiger partial charge >= 0.3 is 0 Å². The summed E-state index contributed by atoms with van der Waals surface area (Å²) < 4.78 is 14.7. The zero-order chi connectivity index (χ0) is 21.3. The van der Waals surface area contributed by atoms with Gasteiger partial charge in [0.05, 0.1) is 36.4 Å². The van der Waals surface area contributed by atoms with Crippen LogP contribution in [0.1, 0.15) is 31.5 Å². The van der Waals surface area contributed by atoms with Crippen molar-refractivity contribution < 1.29 is 4.39 Å². The van der Waals surface area contributed by atoms with Gasteiger partial charge in [-0.2, -0.15) is 0 Å². The summed E-state index contributed by atoms with van der Waals surface area (Å²) in [5, 5.41) is 0. The average molecular weight is 404 g/mol. The molecule has 0 aliphatic rings. The fraction of sp³-hybridized carbons (Fsp3) is 0.217. The summed E-state index contributed by atoms with van der Waals surface area (Å²) in [5.41, 5.74) is 16.4. The van der Waals surface area contributed by atoms with Crippen LogP contribution in [0.25, 0.3) is 33.6 Å². The van der Waals surface area contributed by atoms with Crippen LogP contribution in [0.3, 0.4) is 0 Å². The molecule has 7 heteroatoms. The van der Waals surface area contributed by atoms with Crippen molar-refractivity contribution in [2.24, 2.45) is 17.4 Å². The third kappa shape index (κ3) is 3.90. The molecular formula is C23H25FN6. The molecule has 6 N–H and O–H groups in total. The molecule has 6 nitrogen and oxygen atoms in total. The molecule has 4 aromatic rings. The number of H-pyrrole nitrogens is 2. The van der Waals surface area contributed by atoms with E-state index in [-0.39, 0.29) is 18.4 Å². The Kier molecular flexibility index (Phi) is 5.48. The first-order valence-corrected chi connectivity index (χ1v) is 9.91. The van der Waals surface area contributed by atoms with Gasteiger partial charge in [-0.1, -0.05) is 44.2 Å². The van der Waals surface area contributed by atoms with E-state index in [9.17, 15) is 4.39 Å². The van der Waals surface area contributed by atoms with Crippen molar-refractivity contribution in [2.45, 2.75) is 26.4 Å². The van der Waals surface area contributed by atoms with Crippen molar-refractivity contribution in [1.29, 1.82) is 0 Å². The maximum Gasteiger partial charge on any atom is 0.133 e. The lowest BCUT2D eigenvalue weighted by molar-refractivity contribution is 0.494. The third-order valence-electron chi connectivity index (χ3n) is 5.24. The Morgan fingerprint density at radius 1 is 0.900 bits per heavy atom. The summed E-state index contributed by atoms with van der Waals surface area (Å²) >= 11 is 0. The monoisotopic (exact) mass is 404 g/mol. The smallest absolute Gasteiger partial charge is 0.133 e. The van der Waals surface area contributed by atoms with Crippen LogP contribution in [0, 0.1) is 11.7 Å². The van der Waals surface area contributed by atoms with E-state index in [0.29, 0.717) is 23.0 Å². The van der Waals surface area contributed by atoms with Gasteiger partial charge in [0, 0.05) is 5.56 Å². The van der Waals surface area contributed by atoms with E-state index in [0.717, 1.165) is 28.2 Å². The molecule has 2 aromatic carbocycles. The van der Waals surface area contributed by atoms with Crippen LogP contribution in [0.4, 0.5) is 4.39 Å². The van der Waals surface area contributed by atoms with Crippen molar-refractivity contribution >= 4 is 0 Å². The van der Waals surface area contributed by atoms with E-state index in [1.165, 1.54) is 6.07 Å². The van der Waals surface area contributed by atoms with Gasteiger partial charge in [0.25, 0.3) is 0 Å². The van der Waals surface area contributed by atoms with Gasteiger partial charge in [0.1, 0.15) is 17.5 Å². The number of benzene rings is 2. The van der Waals surface area contributed by atoms with E-state index >= 15 is 0 Å². The van der Waals surface area contributed by atoms with Gasteiger partial charge in [-0.25, -0.2) is 14.4 Å². The van der Waals surface area contributed by atoms with Crippen LogP contribution < -0.4 is 11.5 Å². The molecule has 0 radical (unpaired) electrons. The number of halogens is 1. The molecule has 0 aliphatic carbocycles. The predicted octanol–water partition coefficient (Wildman–Crippen LogP) is 4.39. The van der Waals surface area contributed by atoms with Gasteiger partial charge in [-0.05, 0) is 34.7 Å². The van der Waals surface area contributed by atoms with E-state index in [4.69, 9.17) is 11.5 Å². The number of aromatic nitrogens is 4. The van der Waals surface area contributed by atoms with Gasteiger partial charge in [-0.3, -0.25) is 0 Å². The Labute approximate surface area is 174 Å². The van der Waals surface area contributed by atoms with E-state index in [1.807, 2.05) is 30.3 Å². The Morgan fingerprint density at radius 2 is 1.57 bits per heavy atom. The zero-order valence-corrected chi connectivity index (χ0v) is 17.0. The molecule has 2 heterocycles. The molecule has 0 spiro atoms. The number of rotatable bonds is 6. The second-order valence-electron chi connectivity index (χ2n) is 7.67. The molecule has 4 rings (SSSR count). The molecule has 0 aliphatic heterocycles. The maximum absolute atomic E-state index is 14.7. The first-order chi connectivity index (χ1) is 14.5. The number of hydrogen-bond donors (Lipinski definition) is 4. The van der Waals surface area contributed by atoms with Crippen molar-refractivity contribution in [2.75, 3.05) is 0 Å². The minimum atomic E-state index is -0.315. The number of imidazole rings is 2. The lowest BCUT2D eigenvalue weighted by atomic mass is 10.0. The number of hydrogen-bond acceptors (Lipinski definition) is 4. The van der Waals surface area contributed by atoms with Crippen LogP contribution in [-0.2, 0) is 6.54 Å². The number of nitrogens with one attached hydrogen (secondary N) is 2. The minimum absolute atomic E-state index is 0.129. The molecule has 0 amide bonds. The SMILES string of the molecule is CC(C)C(N)c1ncc(-c2ccc(-c3ccc(-c4cnc(CN)[nH]4)c(F)c3)cc2)[nH]1. The van der Waals surface area contributed by atoms with Crippen molar-refractivity contribution in [3.8, 4) is 33.6 Å². The maximum atomic E-state index is 14.7. The largest absolute Gasteiger partial charge is 0.341 e. The second kappa shape index (κ2) is 8.22. The molecule has 1 atom stereocenters. The molecule has 0 bridgehead atoms. The Balaban J connectivity index is 1.56. The fourth-order valence-corrected chi connectivity index (χ4v) is 3.33. The molecule has 0 fully saturated rings. The molecule has 0 saturated heterocycles. The van der Waals surface area contributed by atoms with Crippen LogP contribution in [-0.4, -0.2) is 19.9 Å². The summed E-state index contributed by atoms with van der Waals surface area (Å²) in [6.45, 7) is 4.42. The number of nitrogens with two attached hydrogens (primary N) is 2. The van der Waals surface area contributed by atoms with Crippen LogP contribution in [0.15, 0.2) is 54.9 Å². The summed E-state index contributed by atoms with van der Waals surface area (Å²) in [6.07, 6.45) is 3.39. The van der Waals surface area contributed by atoms with E-state index in [2.05, 4.69) is 33.8 Å². The Morgan fingerprint density at radius 3 is 2.20 bits per heavy atom.